The van der Waals surface area contributed by atoms with Crippen molar-refractivity contribution in [2.75, 3.05) is 13.2 Å². The molecule has 9 nitrogen and oxygen atoms in total. The molecule has 2 heterocycles. The zero-order valence-corrected chi connectivity index (χ0v) is 31.7. The van der Waals surface area contributed by atoms with Crippen LogP contribution in [0.4, 0.5) is 4.79 Å². The van der Waals surface area contributed by atoms with Gasteiger partial charge in [-0.05, 0) is 77.2 Å². The first kappa shape index (κ1) is 41.5. The molecule has 4 N–H and O–H groups in total. The van der Waals surface area contributed by atoms with Crippen molar-refractivity contribution in [2.45, 2.75) is 168 Å². The largest absolute Gasteiger partial charge is 0.481 e. The Hall–Kier alpha value is -2.91. The molecule has 2 amide bonds. The van der Waals surface area contributed by atoms with Crippen molar-refractivity contribution in [3.8, 4) is 0 Å². The van der Waals surface area contributed by atoms with Gasteiger partial charge in [0.1, 0.15) is 6.10 Å². The van der Waals surface area contributed by atoms with E-state index in [0.29, 0.717) is 24.4 Å². The number of amides is 2. The molecule has 1 aromatic heterocycles. The smallest absolute Gasteiger partial charge is 0.315 e. The predicted molar refractivity (Wildman–Crippen MR) is 200 cm³/mol. The summed E-state index contributed by atoms with van der Waals surface area (Å²) < 4.78 is 12.0. The number of carbonyl (C=O) groups excluding carboxylic acids is 2. The lowest BCUT2D eigenvalue weighted by molar-refractivity contribution is -0.298. The van der Waals surface area contributed by atoms with Crippen LogP contribution in [0, 0.1) is 11.3 Å². The van der Waals surface area contributed by atoms with E-state index < -0.39 is 35.2 Å². The molecule has 9 heteroatoms. The van der Waals surface area contributed by atoms with Gasteiger partial charge in [-0.1, -0.05) is 96.4 Å². The highest BCUT2D eigenvalue weighted by molar-refractivity contribution is 6.01. The van der Waals surface area contributed by atoms with Crippen LogP contribution in [0.5, 0.6) is 0 Å². The molecule has 1 aliphatic heterocycles. The molecule has 50 heavy (non-hydrogen) atoms. The number of aliphatic carboxylic acids is 1. The van der Waals surface area contributed by atoms with Crippen LogP contribution in [-0.4, -0.2) is 63.9 Å². The summed E-state index contributed by atoms with van der Waals surface area (Å²) in [6.45, 7) is 10.6. The van der Waals surface area contributed by atoms with E-state index in [1.54, 1.807) is 31.0 Å². The van der Waals surface area contributed by atoms with Gasteiger partial charge in [0.25, 0.3) is 0 Å². The molecule has 1 saturated carbocycles. The number of carbonyl (C=O) groups is 3. The minimum Gasteiger partial charge on any atom is -0.481 e. The maximum Gasteiger partial charge on any atom is 0.315 e. The first-order valence-electron chi connectivity index (χ1n) is 19.5. The molecule has 0 aromatic carbocycles. The van der Waals surface area contributed by atoms with E-state index in [-0.39, 0.29) is 24.2 Å². The number of hydrogen-bond acceptors (Lipinski definition) is 5. The van der Waals surface area contributed by atoms with Crippen LogP contribution in [0.25, 0.3) is 0 Å². The van der Waals surface area contributed by atoms with Crippen molar-refractivity contribution < 1.29 is 29.0 Å². The molecule has 1 aromatic rings. The molecule has 1 saturated heterocycles. The van der Waals surface area contributed by atoms with Gasteiger partial charge in [0, 0.05) is 41.4 Å². The normalized spacial score (nSPS) is 22.5. The topological polar surface area (TPSA) is 135 Å². The second-order valence-electron chi connectivity index (χ2n) is 15.7. The lowest BCUT2D eigenvalue weighted by atomic mass is 9.72. The molecule has 2 aliphatic rings. The molecule has 0 radical (unpaired) electrons. The van der Waals surface area contributed by atoms with E-state index in [4.69, 9.17) is 15.2 Å². The van der Waals surface area contributed by atoms with Crippen molar-refractivity contribution in [2.24, 2.45) is 17.1 Å². The number of carboxylic acids is 1. The summed E-state index contributed by atoms with van der Waals surface area (Å²) in [6, 6.07) is 1.09. The number of Topliss-reactive ketones (excluding diaryl/α,β-unsaturated/α-hetero) is 1. The van der Waals surface area contributed by atoms with Crippen LogP contribution in [0.3, 0.4) is 0 Å². The summed E-state index contributed by atoms with van der Waals surface area (Å²) in [4.78, 5) is 44.4. The number of unbranched alkanes of at least 4 members (excludes halogenated alkanes) is 9. The lowest BCUT2D eigenvalue weighted by Crippen LogP contribution is -2.54. The van der Waals surface area contributed by atoms with Gasteiger partial charge in [-0.25, -0.2) is 4.79 Å². The monoisotopic (exact) mass is 698 g/mol. The van der Waals surface area contributed by atoms with Crippen LogP contribution < -0.4 is 5.73 Å². The average Bonchev–Trinajstić information content (AvgIpc) is 3.56. The molecular formula is C41H67N3O6. The average molecular weight is 698 g/mol. The Labute approximate surface area is 301 Å². The van der Waals surface area contributed by atoms with E-state index in [1.165, 1.54) is 32.1 Å². The summed E-state index contributed by atoms with van der Waals surface area (Å²) in [5.74, 6) is -2.67. The summed E-state index contributed by atoms with van der Waals surface area (Å²) in [7, 11) is 0. The number of ketones is 1. The van der Waals surface area contributed by atoms with Crippen LogP contribution in [0.2, 0.25) is 0 Å². The van der Waals surface area contributed by atoms with Crippen molar-refractivity contribution in [3.05, 3.63) is 47.8 Å². The number of rotatable bonds is 22. The van der Waals surface area contributed by atoms with E-state index in [0.717, 1.165) is 70.6 Å². The van der Waals surface area contributed by atoms with Gasteiger partial charge in [-0.15, -0.1) is 0 Å². The molecule has 3 rings (SSSR count). The molecule has 0 spiro atoms. The number of aromatic nitrogens is 1. The minimum atomic E-state index is -0.939. The van der Waals surface area contributed by atoms with E-state index >= 15 is 0 Å². The molecule has 0 bridgehead atoms. The van der Waals surface area contributed by atoms with Gasteiger partial charge in [0.15, 0.2) is 11.6 Å². The highest BCUT2D eigenvalue weighted by Crippen LogP contribution is 2.43. The molecule has 4 unspecified atom stereocenters. The molecule has 282 valence electrons. The minimum absolute atomic E-state index is 0.151. The van der Waals surface area contributed by atoms with Crippen molar-refractivity contribution in [1.29, 1.82) is 0 Å². The third kappa shape index (κ3) is 13.0. The number of primary amides is 1. The predicted octanol–water partition coefficient (Wildman–Crippen LogP) is 9.69. The zero-order chi connectivity index (χ0) is 36.6. The number of allylic oxidation sites excluding steroid dienone is 4. The Balaban J connectivity index is 1.59. The van der Waals surface area contributed by atoms with Crippen LogP contribution in [0.15, 0.2) is 36.6 Å². The van der Waals surface area contributed by atoms with Crippen LogP contribution in [0.1, 0.15) is 166 Å². The first-order chi connectivity index (χ1) is 23.9. The Kier molecular flexibility index (Phi) is 17.3. The van der Waals surface area contributed by atoms with Gasteiger partial charge < -0.3 is 30.2 Å². The fourth-order valence-electron chi connectivity index (χ4n) is 7.73. The van der Waals surface area contributed by atoms with Gasteiger partial charge >= 0.3 is 12.0 Å². The fourth-order valence-corrected chi connectivity index (χ4v) is 7.73. The van der Waals surface area contributed by atoms with Gasteiger partial charge in [0.2, 0.25) is 0 Å². The standard InChI is InChI=1S/C41H67N3O6/c1-6-7-8-9-10-11-12-13-14-15-16-17-18-19-20-23-28-44(39(42)48)34-25-22-21-24-31(34)33(29-35(45)46)36-32(26-27-43-36)37(47)38-40(2,3)30-49-41(4,5)50-38/h11-12,14-15,26-27,31,33-34,38,43H,6-10,13,16-25,28-30H2,1-5H3,(H2,42,48)(H,45,46). The van der Waals surface area contributed by atoms with Crippen molar-refractivity contribution in [1.82, 2.24) is 9.88 Å². The van der Waals surface area contributed by atoms with Crippen LogP contribution in [-0.2, 0) is 14.3 Å². The van der Waals surface area contributed by atoms with Crippen molar-refractivity contribution >= 4 is 17.8 Å². The Morgan fingerprint density at radius 2 is 1.60 bits per heavy atom. The number of nitrogens with two attached hydrogens (primary N) is 1. The van der Waals surface area contributed by atoms with Crippen LogP contribution >= 0.6 is 0 Å². The number of carboxylic acid groups (broad SMARTS) is 1. The van der Waals surface area contributed by atoms with Crippen molar-refractivity contribution in [3.63, 3.8) is 0 Å². The van der Waals surface area contributed by atoms with E-state index in [9.17, 15) is 19.5 Å². The summed E-state index contributed by atoms with van der Waals surface area (Å²) >= 11 is 0. The lowest BCUT2D eigenvalue weighted by Gasteiger charge is -2.45. The zero-order valence-electron chi connectivity index (χ0n) is 31.7. The summed E-state index contributed by atoms with van der Waals surface area (Å²) in [6.07, 6.45) is 27.1. The Morgan fingerprint density at radius 1 is 0.960 bits per heavy atom. The first-order valence-corrected chi connectivity index (χ1v) is 19.5. The number of nitrogens with one attached hydrogen (secondary N) is 1. The number of H-pyrrole nitrogens is 1. The SMILES string of the molecule is CCCCCCC=CCC=CCCCCCCCN(C(N)=O)C1CCCCC1C(CC(=O)O)c1[nH]ccc1C(=O)C1OC(C)(C)OCC1(C)C. The maximum absolute atomic E-state index is 14.1. The van der Waals surface area contributed by atoms with E-state index in [1.807, 2.05) is 13.8 Å². The maximum atomic E-state index is 14.1. The number of ether oxygens (including phenoxy) is 2. The number of aromatic amines is 1. The number of nitrogens with zero attached hydrogens (tertiary/aromatic N) is 1. The molecule has 1 aliphatic carbocycles. The second-order valence-corrected chi connectivity index (χ2v) is 15.7. The quantitative estimate of drug-likeness (QED) is 0.0627. The number of urea groups is 1. The van der Waals surface area contributed by atoms with Gasteiger partial charge in [0.05, 0.1) is 13.0 Å². The van der Waals surface area contributed by atoms with Gasteiger partial charge in [-0.3, -0.25) is 9.59 Å². The Morgan fingerprint density at radius 3 is 2.26 bits per heavy atom. The van der Waals surface area contributed by atoms with E-state index in [2.05, 4.69) is 36.2 Å². The molecule has 2 fully saturated rings. The fraction of sp³-hybridized carbons (Fsp3) is 0.732. The highest BCUT2D eigenvalue weighted by Gasteiger charge is 2.47. The molecule has 4 atom stereocenters. The number of hydrogen-bond donors (Lipinski definition) is 3. The third-order valence-electron chi connectivity index (χ3n) is 10.5. The summed E-state index contributed by atoms with van der Waals surface area (Å²) in [5, 5.41) is 10.1. The molecular weight excluding hydrogens is 630 g/mol. The Bertz CT molecular complexity index is 1250. The summed E-state index contributed by atoms with van der Waals surface area (Å²) in [5.41, 5.74) is 6.50. The second kappa shape index (κ2) is 20.8. The van der Waals surface area contributed by atoms with Gasteiger partial charge in [-0.2, -0.15) is 0 Å². The highest BCUT2D eigenvalue weighted by atomic mass is 16.7. The third-order valence-corrected chi connectivity index (χ3v) is 10.5.